The Bertz CT molecular complexity index is 1220. The average Bonchev–Trinajstić information content (AvgIpc) is 2.82. The number of carbonyl (C=O) groups is 1. The molecule has 0 heterocycles. The van der Waals surface area contributed by atoms with E-state index in [0.29, 0.717) is 17.5 Å². The first-order valence-corrected chi connectivity index (χ1v) is 12.4. The normalized spacial score (nSPS) is 13.1. The lowest BCUT2D eigenvalue weighted by Gasteiger charge is -2.22. The van der Waals surface area contributed by atoms with Crippen LogP contribution in [0, 0.1) is 0 Å². The van der Waals surface area contributed by atoms with E-state index >= 15 is 0 Å². The SMILES string of the molecule is CS(=O)(=O)Nc1cc([C@@H](O)CNC(Cc2ccccc2)c2ccc(C(=O)NO)cc2)ccc1O. The molecule has 9 nitrogen and oxygen atoms in total. The maximum absolute atomic E-state index is 11.6. The van der Waals surface area contributed by atoms with Gasteiger partial charge in [-0.3, -0.25) is 14.7 Å². The summed E-state index contributed by atoms with van der Waals surface area (Å²) in [6.45, 7) is 0.138. The van der Waals surface area contributed by atoms with Crippen LogP contribution in [0.5, 0.6) is 5.75 Å². The van der Waals surface area contributed by atoms with Gasteiger partial charge in [0, 0.05) is 18.2 Å². The molecule has 0 spiro atoms. The molecule has 0 fully saturated rings. The number of aliphatic hydroxyl groups excluding tert-OH is 1. The van der Waals surface area contributed by atoms with Gasteiger partial charge in [-0.2, -0.15) is 0 Å². The van der Waals surface area contributed by atoms with Gasteiger partial charge in [-0.05, 0) is 47.4 Å². The maximum Gasteiger partial charge on any atom is 0.274 e. The first kappa shape index (κ1) is 25.2. The van der Waals surface area contributed by atoms with Crippen LogP contribution in [0.2, 0.25) is 0 Å². The van der Waals surface area contributed by atoms with Crippen molar-refractivity contribution in [3.63, 3.8) is 0 Å². The smallest absolute Gasteiger partial charge is 0.274 e. The summed E-state index contributed by atoms with van der Waals surface area (Å²) >= 11 is 0. The quantitative estimate of drug-likeness (QED) is 0.147. The van der Waals surface area contributed by atoms with Gasteiger partial charge < -0.3 is 15.5 Å². The van der Waals surface area contributed by atoms with E-state index in [0.717, 1.165) is 17.4 Å². The van der Waals surface area contributed by atoms with Gasteiger partial charge in [0.25, 0.3) is 5.91 Å². The molecular weight excluding hydrogens is 458 g/mol. The zero-order chi connectivity index (χ0) is 24.7. The molecule has 3 aromatic rings. The minimum absolute atomic E-state index is 0.0161. The number of benzene rings is 3. The van der Waals surface area contributed by atoms with Crippen LogP contribution in [0.4, 0.5) is 5.69 Å². The molecule has 6 N–H and O–H groups in total. The minimum Gasteiger partial charge on any atom is -0.506 e. The highest BCUT2D eigenvalue weighted by Gasteiger charge is 2.17. The average molecular weight is 486 g/mol. The Morgan fingerprint density at radius 2 is 1.62 bits per heavy atom. The van der Waals surface area contributed by atoms with Gasteiger partial charge in [-0.1, -0.05) is 48.5 Å². The van der Waals surface area contributed by atoms with Crippen molar-refractivity contribution in [3.8, 4) is 5.75 Å². The highest BCUT2D eigenvalue weighted by atomic mass is 32.2. The fourth-order valence-electron chi connectivity index (χ4n) is 3.50. The van der Waals surface area contributed by atoms with Gasteiger partial charge in [0.05, 0.1) is 18.0 Å². The van der Waals surface area contributed by atoms with E-state index in [1.807, 2.05) is 30.3 Å². The summed E-state index contributed by atoms with van der Waals surface area (Å²) in [4.78, 5) is 11.6. The Labute approximate surface area is 198 Å². The number of phenolic OH excluding ortho intramolecular Hbond substituents is 1. The molecule has 0 bridgehead atoms. The number of aromatic hydroxyl groups is 1. The predicted octanol–water partition coefficient (Wildman–Crippen LogP) is 2.49. The fraction of sp³-hybridized carbons (Fsp3) is 0.208. The molecule has 0 radical (unpaired) electrons. The Balaban J connectivity index is 1.78. The molecule has 3 rings (SSSR count). The summed E-state index contributed by atoms with van der Waals surface area (Å²) in [5.41, 5.74) is 4.25. The van der Waals surface area contributed by atoms with Gasteiger partial charge in [-0.15, -0.1) is 0 Å². The fourth-order valence-corrected chi connectivity index (χ4v) is 4.07. The van der Waals surface area contributed by atoms with E-state index in [4.69, 9.17) is 5.21 Å². The number of hydrogen-bond acceptors (Lipinski definition) is 7. The number of carbonyl (C=O) groups excluding carboxylic acids is 1. The lowest BCUT2D eigenvalue weighted by molar-refractivity contribution is 0.0706. The van der Waals surface area contributed by atoms with Crippen molar-refractivity contribution in [2.45, 2.75) is 18.6 Å². The van der Waals surface area contributed by atoms with Crippen molar-refractivity contribution < 1.29 is 28.6 Å². The molecule has 1 amide bonds. The molecule has 1 unspecified atom stereocenters. The molecule has 0 aliphatic carbocycles. The lowest BCUT2D eigenvalue weighted by Crippen LogP contribution is -2.28. The van der Waals surface area contributed by atoms with Gasteiger partial charge in [0.1, 0.15) is 5.75 Å². The number of hydroxylamine groups is 1. The van der Waals surface area contributed by atoms with Crippen molar-refractivity contribution in [3.05, 3.63) is 95.1 Å². The summed E-state index contributed by atoms with van der Waals surface area (Å²) in [6, 6.07) is 20.5. The Kier molecular flexibility index (Phi) is 8.24. The van der Waals surface area contributed by atoms with Crippen LogP contribution < -0.4 is 15.5 Å². The highest BCUT2D eigenvalue weighted by Crippen LogP contribution is 2.28. The van der Waals surface area contributed by atoms with Gasteiger partial charge in [-0.25, -0.2) is 13.9 Å². The van der Waals surface area contributed by atoms with Crippen LogP contribution in [0.3, 0.4) is 0 Å². The number of nitrogens with one attached hydrogen (secondary N) is 3. The Morgan fingerprint density at radius 1 is 0.971 bits per heavy atom. The largest absolute Gasteiger partial charge is 0.506 e. The van der Waals surface area contributed by atoms with Crippen LogP contribution in [0.25, 0.3) is 0 Å². The first-order valence-electron chi connectivity index (χ1n) is 10.5. The van der Waals surface area contributed by atoms with Gasteiger partial charge in [0.15, 0.2) is 0 Å². The standard InChI is InChI=1S/C24H27N3O6S/c1-34(32,33)27-21-14-19(11-12-22(21)28)23(29)15-25-20(13-16-5-3-2-4-6-16)17-7-9-18(10-8-17)24(30)26-31/h2-12,14,20,23,25,27-29,31H,13,15H2,1H3,(H,26,30)/t20?,23-/m0/s1. The van der Waals surface area contributed by atoms with E-state index in [9.17, 15) is 23.4 Å². The third-order valence-corrected chi connectivity index (χ3v) is 5.81. The van der Waals surface area contributed by atoms with Gasteiger partial charge in [0.2, 0.25) is 10.0 Å². The van der Waals surface area contributed by atoms with Crippen LogP contribution in [0.15, 0.2) is 72.8 Å². The number of amides is 1. The summed E-state index contributed by atoms with van der Waals surface area (Å²) in [5.74, 6) is -0.858. The van der Waals surface area contributed by atoms with E-state index in [1.165, 1.54) is 18.2 Å². The lowest BCUT2D eigenvalue weighted by atomic mass is 9.97. The zero-order valence-corrected chi connectivity index (χ0v) is 19.3. The third kappa shape index (κ3) is 7.03. The molecule has 0 saturated carbocycles. The van der Waals surface area contributed by atoms with Crippen molar-refractivity contribution in [2.75, 3.05) is 17.5 Å². The molecule has 2 atom stereocenters. The molecule has 0 aliphatic heterocycles. The number of aliphatic hydroxyl groups is 1. The Hall–Kier alpha value is -3.44. The van der Waals surface area contributed by atoms with Crippen molar-refractivity contribution in [2.24, 2.45) is 0 Å². The maximum atomic E-state index is 11.6. The molecule has 180 valence electrons. The number of hydrogen-bond donors (Lipinski definition) is 6. The van der Waals surface area contributed by atoms with Crippen LogP contribution in [-0.2, 0) is 16.4 Å². The second-order valence-electron chi connectivity index (χ2n) is 7.88. The van der Waals surface area contributed by atoms with Crippen molar-refractivity contribution in [1.29, 1.82) is 0 Å². The zero-order valence-electron chi connectivity index (χ0n) is 18.5. The van der Waals surface area contributed by atoms with Crippen LogP contribution in [-0.4, -0.2) is 42.5 Å². The first-order chi connectivity index (χ1) is 16.2. The second kappa shape index (κ2) is 11.1. The van der Waals surface area contributed by atoms with E-state index in [1.54, 1.807) is 29.7 Å². The molecule has 0 saturated heterocycles. The minimum atomic E-state index is -3.60. The second-order valence-corrected chi connectivity index (χ2v) is 9.63. The van der Waals surface area contributed by atoms with E-state index in [2.05, 4.69) is 10.0 Å². The summed E-state index contributed by atoms with van der Waals surface area (Å²) in [5, 5.41) is 32.8. The number of sulfonamides is 1. The molecule has 10 heteroatoms. The molecule has 0 aliphatic rings. The monoisotopic (exact) mass is 485 g/mol. The molecule has 34 heavy (non-hydrogen) atoms. The predicted molar refractivity (Wildman–Crippen MR) is 128 cm³/mol. The molecule has 0 aromatic heterocycles. The Morgan fingerprint density at radius 3 is 2.24 bits per heavy atom. The van der Waals surface area contributed by atoms with Gasteiger partial charge >= 0.3 is 0 Å². The molecule has 3 aromatic carbocycles. The third-order valence-electron chi connectivity index (χ3n) is 5.22. The number of rotatable bonds is 10. The summed E-state index contributed by atoms with van der Waals surface area (Å²) < 4.78 is 25.3. The highest BCUT2D eigenvalue weighted by molar-refractivity contribution is 7.92. The number of phenols is 1. The summed E-state index contributed by atoms with van der Waals surface area (Å²) in [6.07, 6.45) is 0.592. The van der Waals surface area contributed by atoms with Crippen molar-refractivity contribution in [1.82, 2.24) is 10.8 Å². The van der Waals surface area contributed by atoms with Crippen molar-refractivity contribution >= 4 is 21.6 Å². The summed E-state index contributed by atoms with van der Waals surface area (Å²) in [7, 11) is -3.60. The van der Waals surface area contributed by atoms with E-state index in [-0.39, 0.29) is 24.0 Å². The van der Waals surface area contributed by atoms with Crippen LogP contribution in [0.1, 0.15) is 39.2 Å². The van der Waals surface area contributed by atoms with E-state index < -0.39 is 22.0 Å². The molecular formula is C24H27N3O6S. The topological polar surface area (TPSA) is 148 Å². The number of anilines is 1. The van der Waals surface area contributed by atoms with Crippen LogP contribution >= 0.6 is 0 Å².